The van der Waals surface area contributed by atoms with Gasteiger partial charge < -0.3 is 9.80 Å². The van der Waals surface area contributed by atoms with Gasteiger partial charge in [0.15, 0.2) is 0 Å². The summed E-state index contributed by atoms with van der Waals surface area (Å²) in [7, 11) is 0. The van der Waals surface area contributed by atoms with Crippen molar-refractivity contribution in [3.8, 4) is 6.07 Å². The Labute approximate surface area is 146 Å². The van der Waals surface area contributed by atoms with E-state index in [9.17, 15) is 14.0 Å². The zero-order valence-electron chi connectivity index (χ0n) is 13.9. The molecule has 2 heterocycles. The lowest BCUT2D eigenvalue weighted by molar-refractivity contribution is -0.139. The molecule has 3 fully saturated rings. The van der Waals surface area contributed by atoms with Gasteiger partial charge in [-0.25, -0.2) is 4.39 Å². The first kappa shape index (κ1) is 16.1. The van der Waals surface area contributed by atoms with Crippen LogP contribution in [0, 0.1) is 22.7 Å². The summed E-state index contributed by atoms with van der Waals surface area (Å²) in [5, 5.41) is 8.89. The largest absolute Gasteiger partial charge is 0.342 e. The third kappa shape index (κ3) is 2.78. The molecule has 6 heteroatoms. The fraction of sp³-hybridized carbons (Fsp3) is 0.526. The maximum Gasteiger partial charge on any atom is 0.227 e. The second kappa shape index (κ2) is 5.83. The highest BCUT2D eigenvalue weighted by Gasteiger charge is 2.50. The Kier molecular flexibility index (Phi) is 3.75. The van der Waals surface area contributed by atoms with Crippen LogP contribution >= 0.6 is 0 Å². The number of likely N-dealkylation sites (tertiary alicyclic amines) is 1. The molecule has 25 heavy (non-hydrogen) atoms. The number of benzene rings is 1. The number of hydrogen-bond donors (Lipinski definition) is 0. The SMILES string of the molecule is N#Cc1ccc(N2C[C@@]3(CCN(C(=O)C4CC(F)C4)C3)CC2=O)cc1. The van der Waals surface area contributed by atoms with Crippen LogP contribution in [-0.4, -0.2) is 42.5 Å². The Morgan fingerprint density at radius 2 is 1.96 bits per heavy atom. The number of amides is 2. The van der Waals surface area contributed by atoms with Crippen molar-refractivity contribution in [3.63, 3.8) is 0 Å². The summed E-state index contributed by atoms with van der Waals surface area (Å²) in [5.41, 5.74) is 1.17. The minimum Gasteiger partial charge on any atom is -0.342 e. The molecule has 4 rings (SSSR count). The Hall–Kier alpha value is -2.42. The van der Waals surface area contributed by atoms with Gasteiger partial charge in [0.25, 0.3) is 0 Å². The van der Waals surface area contributed by atoms with Gasteiger partial charge in [-0.2, -0.15) is 5.26 Å². The third-order valence-electron chi connectivity index (χ3n) is 5.81. The lowest BCUT2D eigenvalue weighted by atomic mass is 9.82. The van der Waals surface area contributed by atoms with E-state index in [2.05, 4.69) is 6.07 Å². The Morgan fingerprint density at radius 3 is 2.60 bits per heavy atom. The Balaban J connectivity index is 1.44. The van der Waals surface area contributed by atoms with E-state index in [4.69, 9.17) is 5.26 Å². The highest BCUT2D eigenvalue weighted by atomic mass is 19.1. The minimum absolute atomic E-state index is 0.0510. The summed E-state index contributed by atoms with van der Waals surface area (Å²) in [6, 6.07) is 9.08. The maximum atomic E-state index is 13.0. The van der Waals surface area contributed by atoms with E-state index in [-0.39, 0.29) is 23.1 Å². The van der Waals surface area contributed by atoms with Gasteiger partial charge in [-0.1, -0.05) is 0 Å². The average Bonchev–Trinajstić information content (AvgIpc) is 3.15. The van der Waals surface area contributed by atoms with Gasteiger partial charge in [0.2, 0.25) is 11.8 Å². The lowest BCUT2D eigenvalue weighted by Gasteiger charge is -2.32. The smallest absolute Gasteiger partial charge is 0.227 e. The number of carbonyl (C=O) groups excluding carboxylic acids is 2. The molecule has 2 saturated heterocycles. The summed E-state index contributed by atoms with van der Waals surface area (Å²) >= 11 is 0. The van der Waals surface area contributed by atoms with Crippen LogP contribution in [0.3, 0.4) is 0 Å². The molecule has 130 valence electrons. The maximum absolute atomic E-state index is 13.0. The predicted molar refractivity (Wildman–Crippen MR) is 89.4 cm³/mol. The molecule has 0 radical (unpaired) electrons. The molecular weight excluding hydrogens is 321 g/mol. The van der Waals surface area contributed by atoms with Crippen LogP contribution in [0.2, 0.25) is 0 Å². The second-order valence-corrected chi connectivity index (χ2v) is 7.59. The fourth-order valence-corrected chi connectivity index (χ4v) is 4.25. The summed E-state index contributed by atoms with van der Waals surface area (Å²) in [6.45, 7) is 1.83. The quantitative estimate of drug-likeness (QED) is 0.829. The molecule has 1 aromatic carbocycles. The molecule has 0 aromatic heterocycles. The monoisotopic (exact) mass is 341 g/mol. The fourth-order valence-electron chi connectivity index (χ4n) is 4.25. The topological polar surface area (TPSA) is 64.4 Å². The van der Waals surface area contributed by atoms with Crippen molar-refractivity contribution in [1.29, 1.82) is 5.26 Å². The molecule has 5 nitrogen and oxygen atoms in total. The molecule has 0 bridgehead atoms. The standard InChI is InChI=1S/C19H20FN3O2/c20-15-7-14(8-15)18(25)22-6-5-19(11-22)9-17(24)23(12-19)16-3-1-13(10-21)2-4-16/h1-4,14-15H,5-9,11-12H2/t14?,15?,19-/m0/s1. The van der Waals surface area contributed by atoms with Crippen molar-refractivity contribution in [3.05, 3.63) is 29.8 Å². The van der Waals surface area contributed by atoms with Crippen molar-refractivity contribution in [2.75, 3.05) is 24.5 Å². The summed E-state index contributed by atoms with van der Waals surface area (Å²) in [4.78, 5) is 28.6. The van der Waals surface area contributed by atoms with E-state index in [0.29, 0.717) is 44.5 Å². The molecule has 2 amide bonds. The van der Waals surface area contributed by atoms with Crippen LogP contribution < -0.4 is 4.90 Å². The molecule has 1 saturated carbocycles. The first-order valence-electron chi connectivity index (χ1n) is 8.73. The van der Waals surface area contributed by atoms with E-state index in [1.165, 1.54) is 0 Å². The summed E-state index contributed by atoms with van der Waals surface area (Å²) in [6.07, 6.45) is 1.11. The van der Waals surface area contributed by atoms with E-state index in [1.807, 2.05) is 4.90 Å². The van der Waals surface area contributed by atoms with Crippen LogP contribution in [0.25, 0.3) is 0 Å². The van der Waals surface area contributed by atoms with Crippen LogP contribution in [0.5, 0.6) is 0 Å². The van der Waals surface area contributed by atoms with E-state index in [1.54, 1.807) is 29.2 Å². The normalized spacial score (nSPS) is 31.3. The van der Waals surface area contributed by atoms with Crippen LogP contribution in [0.15, 0.2) is 24.3 Å². The van der Waals surface area contributed by atoms with Gasteiger partial charge in [-0.05, 0) is 43.5 Å². The summed E-state index contributed by atoms with van der Waals surface area (Å²) in [5.74, 6) is -0.0570. The van der Waals surface area contributed by atoms with Gasteiger partial charge in [0.05, 0.1) is 11.6 Å². The summed E-state index contributed by atoms with van der Waals surface area (Å²) < 4.78 is 13.0. The van der Waals surface area contributed by atoms with Crippen molar-refractivity contribution >= 4 is 17.5 Å². The Bertz CT molecular complexity index is 751. The van der Waals surface area contributed by atoms with Crippen LogP contribution in [0.4, 0.5) is 10.1 Å². The number of hydrogen-bond acceptors (Lipinski definition) is 3. The number of nitriles is 1. The van der Waals surface area contributed by atoms with Crippen molar-refractivity contribution in [2.45, 2.75) is 31.9 Å². The molecule has 0 N–H and O–H groups in total. The molecule has 0 unspecified atom stereocenters. The second-order valence-electron chi connectivity index (χ2n) is 7.59. The molecular formula is C19H20FN3O2. The minimum atomic E-state index is -0.828. The number of nitrogens with zero attached hydrogens (tertiary/aromatic N) is 3. The molecule has 2 aliphatic heterocycles. The number of halogens is 1. The average molecular weight is 341 g/mol. The number of rotatable bonds is 2. The van der Waals surface area contributed by atoms with Gasteiger partial charge in [0.1, 0.15) is 6.17 Å². The highest BCUT2D eigenvalue weighted by Crippen LogP contribution is 2.43. The number of anilines is 1. The van der Waals surface area contributed by atoms with E-state index in [0.717, 1.165) is 12.1 Å². The van der Waals surface area contributed by atoms with Crippen molar-refractivity contribution in [2.24, 2.45) is 11.3 Å². The van der Waals surface area contributed by atoms with Crippen molar-refractivity contribution in [1.82, 2.24) is 4.90 Å². The van der Waals surface area contributed by atoms with Gasteiger partial charge in [0, 0.05) is 43.1 Å². The molecule has 1 atom stereocenters. The van der Waals surface area contributed by atoms with Gasteiger partial charge in [-0.3, -0.25) is 9.59 Å². The van der Waals surface area contributed by atoms with Crippen LogP contribution in [0.1, 0.15) is 31.2 Å². The first-order chi connectivity index (χ1) is 12.0. The highest BCUT2D eigenvalue weighted by molar-refractivity contribution is 5.96. The van der Waals surface area contributed by atoms with E-state index >= 15 is 0 Å². The third-order valence-corrected chi connectivity index (χ3v) is 5.81. The van der Waals surface area contributed by atoms with Crippen LogP contribution in [-0.2, 0) is 9.59 Å². The number of carbonyl (C=O) groups is 2. The number of alkyl halides is 1. The Morgan fingerprint density at radius 1 is 1.24 bits per heavy atom. The van der Waals surface area contributed by atoms with Crippen molar-refractivity contribution < 1.29 is 14.0 Å². The van der Waals surface area contributed by atoms with E-state index < -0.39 is 6.17 Å². The van der Waals surface area contributed by atoms with Gasteiger partial charge >= 0.3 is 0 Å². The predicted octanol–water partition coefficient (Wildman–Crippen LogP) is 2.26. The van der Waals surface area contributed by atoms with Gasteiger partial charge in [-0.15, -0.1) is 0 Å². The first-order valence-corrected chi connectivity index (χ1v) is 8.73. The lowest BCUT2D eigenvalue weighted by Crippen LogP contribution is -2.42. The zero-order chi connectivity index (χ0) is 17.6. The zero-order valence-corrected chi connectivity index (χ0v) is 13.9. The molecule has 1 aliphatic carbocycles. The molecule has 1 spiro atoms. The molecule has 1 aromatic rings. The molecule has 3 aliphatic rings.